The number of hydrogen-bond donors (Lipinski definition) is 1. The fourth-order valence-corrected chi connectivity index (χ4v) is 2.73. The smallest absolute Gasteiger partial charge is 0.321 e. The lowest BCUT2D eigenvalue weighted by atomic mass is 10.2. The Bertz CT molecular complexity index is 654. The van der Waals surface area contributed by atoms with Crippen LogP contribution in [0.1, 0.15) is 20.9 Å². The van der Waals surface area contributed by atoms with Gasteiger partial charge in [-0.1, -0.05) is 15.9 Å². The number of halogens is 4. The van der Waals surface area contributed by atoms with Gasteiger partial charge < -0.3 is 5.32 Å². The molecule has 1 heterocycles. The lowest BCUT2D eigenvalue weighted by molar-refractivity contribution is -0.141. The number of carbonyl (C=O) groups excluding carboxylic acids is 1. The molecule has 1 amide bonds. The van der Waals surface area contributed by atoms with Crippen LogP contribution in [-0.2, 0) is 6.18 Å². The number of aryl methyl sites for hydroxylation is 1. The number of hydrogen-bond acceptors (Lipinski definition) is 3. The van der Waals surface area contributed by atoms with Gasteiger partial charge in [-0.2, -0.15) is 13.2 Å². The third-order valence-electron chi connectivity index (χ3n) is 2.48. The molecule has 0 atom stereocenters. The summed E-state index contributed by atoms with van der Waals surface area (Å²) in [6.45, 7) is 1.75. The van der Waals surface area contributed by atoms with Crippen LogP contribution < -0.4 is 5.32 Å². The normalized spacial score (nSPS) is 11.4. The van der Waals surface area contributed by atoms with Crippen LogP contribution in [0.15, 0.2) is 28.2 Å². The first-order valence-corrected chi connectivity index (χ1v) is 7.04. The van der Waals surface area contributed by atoms with Gasteiger partial charge in [-0.25, -0.2) is 4.98 Å². The number of nitrogens with one attached hydrogen (secondary N) is 1. The molecule has 0 aliphatic rings. The molecule has 0 aliphatic carbocycles. The molecule has 0 saturated heterocycles. The Labute approximate surface area is 125 Å². The molecule has 0 fully saturated rings. The van der Waals surface area contributed by atoms with Crippen LogP contribution >= 0.6 is 27.3 Å². The molecule has 20 heavy (non-hydrogen) atoms. The van der Waals surface area contributed by atoms with Crippen molar-refractivity contribution < 1.29 is 18.0 Å². The Morgan fingerprint density at radius 3 is 2.70 bits per heavy atom. The van der Waals surface area contributed by atoms with E-state index in [2.05, 4.69) is 26.2 Å². The third kappa shape index (κ3) is 3.18. The summed E-state index contributed by atoms with van der Waals surface area (Å²) in [6.07, 6.45) is -4.64. The van der Waals surface area contributed by atoms with Crippen molar-refractivity contribution in [1.29, 1.82) is 0 Å². The van der Waals surface area contributed by atoms with E-state index in [0.717, 1.165) is 15.5 Å². The molecule has 8 heteroatoms. The van der Waals surface area contributed by atoms with Gasteiger partial charge in [-0.05, 0) is 30.7 Å². The SMILES string of the molecule is Cc1cc(Br)ccc1NC(=O)c1scnc1C(F)(F)F. The number of benzene rings is 1. The zero-order chi connectivity index (χ0) is 14.9. The maximum absolute atomic E-state index is 12.7. The van der Waals surface area contributed by atoms with Crippen LogP contribution in [0.3, 0.4) is 0 Å². The van der Waals surface area contributed by atoms with E-state index in [1.165, 1.54) is 0 Å². The Kier molecular flexibility index (Phi) is 4.14. The third-order valence-corrected chi connectivity index (χ3v) is 3.80. The first kappa shape index (κ1) is 15.0. The quantitative estimate of drug-likeness (QED) is 0.853. The molecule has 0 aliphatic heterocycles. The van der Waals surface area contributed by atoms with Crippen LogP contribution in [0.5, 0.6) is 0 Å². The predicted octanol–water partition coefficient (Wildman–Crippen LogP) is 4.49. The van der Waals surface area contributed by atoms with E-state index in [1.807, 2.05) is 0 Å². The van der Waals surface area contributed by atoms with E-state index >= 15 is 0 Å². The van der Waals surface area contributed by atoms with Crippen molar-refractivity contribution in [2.45, 2.75) is 13.1 Å². The highest BCUT2D eigenvalue weighted by Crippen LogP contribution is 2.33. The Morgan fingerprint density at radius 1 is 1.40 bits per heavy atom. The lowest BCUT2D eigenvalue weighted by Crippen LogP contribution is -2.17. The fourth-order valence-electron chi connectivity index (χ4n) is 1.56. The molecule has 3 nitrogen and oxygen atoms in total. The zero-order valence-electron chi connectivity index (χ0n) is 10.1. The number of carbonyl (C=O) groups is 1. The average Bonchev–Trinajstić information content (AvgIpc) is 2.81. The molecule has 2 aromatic rings. The number of rotatable bonds is 2. The summed E-state index contributed by atoms with van der Waals surface area (Å²) in [7, 11) is 0. The molecule has 2 rings (SSSR count). The highest BCUT2D eigenvalue weighted by Gasteiger charge is 2.38. The fraction of sp³-hybridized carbons (Fsp3) is 0.167. The van der Waals surface area contributed by atoms with Crippen molar-refractivity contribution in [1.82, 2.24) is 4.98 Å². The van der Waals surface area contributed by atoms with Crippen LogP contribution in [0.25, 0.3) is 0 Å². The summed E-state index contributed by atoms with van der Waals surface area (Å²) in [5.41, 5.74) is 1.05. The summed E-state index contributed by atoms with van der Waals surface area (Å²) in [6, 6.07) is 5.07. The van der Waals surface area contributed by atoms with E-state index in [0.29, 0.717) is 17.0 Å². The van der Waals surface area contributed by atoms with Gasteiger partial charge in [0.25, 0.3) is 5.91 Å². The van der Waals surface area contributed by atoms with Crippen molar-refractivity contribution in [3.05, 3.63) is 44.3 Å². The summed E-state index contributed by atoms with van der Waals surface area (Å²) >= 11 is 3.93. The summed E-state index contributed by atoms with van der Waals surface area (Å²) in [5.74, 6) is -0.815. The van der Waals surface area contributed by atoms with Crippen molar-refractivity contribution in [3.63, 3.8) is 0 Å². The number of thiazole rings is 1. The molecular weight excluding hydrogens is 357 g/mol. The van der Waals surface area contributed by atoms with Gasteiger partial charge in [0.2, 0.25) is 0 Å². The van der Waals surface area contributed by atoms with E-state index in [4.69, 9.17) is 0 Å². The summed E-state index contributed by atoms with van der Waals surface area (Å²) in [4.78, 5) is 14.7. The number of aromatic nitrogens is 1. The Morgan fingerprint density at radius 2 is 2.10 bits per heavy atom. The van der Waals surface area contributed by atoms with Crippen LogP contribution in [-0.4, -0.2) is 10.9 Å². The number of amides is 1. The largest absolute Gasteiger partial charge is 0.434 e. The summed E-state index contributed by atoms with van der Waals surface area (Å²) < 4.78 is 38.8. The van der Waals surface area contributed by atoms with E-state index in [-0.39, 0.29) is 0 Å². The Balaban J connectivity index is 2.27. The van der Waals surface area contributed by atoms with Gasteiger partial charge >= 0.3 is 6.18 Å². The maximum atomic E-state index is 12.7. The molecule has 106 valence electrons. The van der Waals surface area contributed by atoms with Crippen molar-refractivity contribution >= 4 is 38.9 Å². The van der Waals surface area contributed by atoms with Crippen molar-refractivity contribution in [2.24, 2.45) is 0 Å². The van der Waals surface area contributed by atoms with Crippen LogP contribution in [0.4, 0.5) is 18.9 Å². The first-order chi connectivity index (χ1) is 9.29. The molecule has 0 spiro atoms. The average molecular weight is 365 g/mol. The molecule has 1 aromatic heterocycles. The van der Waals surface area contributed by atoms with Gasteiger partial charge in [0.15, 0.2) is 5.69 Å². The monoisotopic (exact) mass is 364 g/mol. The summed E-state index contributed by atoms with van der Waals surface area (Å²) in [5, 5.41) is 2.46. The topological polar surface area (TPSA) is 42.0 Å². The zero-order valence-corrected chi connectivity index (χ0v) is 12.5. The highest BCUT2D eigenvalue weighted by molar-refractivity contribution is 9.10. The second-order valence-electron chi connectivity index (χ2n) is 3.94. The number of anilines is 1. The lowest BCUT2D eigenvalue weighted by Gasteiger charge is -2.09. The van der Waals surface area contributed by atoms with Gasteiger partial charge in [0.05, 0.1) is 5.51 Å². The number of alkyl halides is 3. The molecule has 0 bridgehead atoms. The van der Waals surface area contributed by atoms with Gasteiger partial charge in [0.1, 0.15) is 4.88 Å². The first-order valence-electron chi connectivity index (χ1n) is 5.37. The second kappa shape index (κ2) is 5.53. The molecule has 0 saturated carbocycles. The molecule has 0 radical (unpaired) electrons. The maximum Gasteiger partial charge on any atom is 0.434 e. The minimum Gasteiger partial charge on any atom is -0.321 e. The van der Waals surface area contributed by atoms with Gasteiger partial charge in [-0.15, -0.1) is 11.3 Å². The van der Waals surface area contributed by atoms with Crippen molar-refractivity contribution in [2.75, 3.05) is 5.32 Å². The predicted molar refractivity (Wildman–Crippen MR) is 73.9 cm³/mol. The van der Waals surface area contributed by atoms with Gasteiger partial charge in [0, 0.05) is 10.2 Å². The standard InChI is InChI=1S/C12H8BrF3N2OS/c1-6-4-7(13)2-3-8(6)18-11(19)9-10(12(14,15)16)17-5-20-9/h2-5H,1H3,(H,18,19). The minimum atomic E-state index is -4.64. The van der Waals surface area contributed by atoms with E-state index in [9.17, 15) is 18.0 Å². The van der Waals surface area contributed by atoms with Crippen LogP contribution in [0.2, 0.25) is 0 Å². The molecule has 1 aromatic carbocycles. The Hall–Kier alpha value is -1.41. The van der Waals surface area contributed by atoms with Crippen LogP contribution in [0, 0.1) is 6.92 Å². The highest BCUT2D eigenvalue weighted by atomic mass is 79.9. The van der Waals surface area contributed by atoms with Gasteiger partial charge in [-0.3, -0.25) is 4.79 Å². The minimum absolute atomic E-state index is 0.445. The molecule has 1 N–H and O–H groups in total. The molecule has 0 unspecified atom stereocenters. The second-order valence-corrected chi connectivity index (χ2v) is 5.71. The molecular formula is C12H8BrF3N2OS. The van der Waals surface area contributed by atoms with Crippen molar-refractivity contribution in [3.8, 4) is 0 Å². The number of nitrogens with zero attached hydrogens (tertiary/aromatic N) is 1. The van der Waals surface area contributed by atoms with E-state index in [1.54, 1.807) is 25.1 Å². The van der Waals surface area contributed by atoms with E-state index < -0.39 is 22.7 Å².